The van der Waals surface area contributed by atoms with Crippen LogP contribution in [0.1, 0.15) is 48.9 Å². The Hall–Kier alpha value is -1.84. The van der Waals surface area contributed by atoms with E-state index in [0.717, 1.165) is 61.0 Å². The minimum atomic E-state index is 0.155. The van der Waals surface area contributed by atoms with Crippen molar-refractivity contribution in [3.05, 3.63) is 29.8 Å². The molecule has 3 aliphatic carbocycles. The van der Waals surface area contributed by atoms with Crippen molar-refractivity contribution in [2.45, 2.75) is 38.5 Å². The van der Waals surface area contributed by atoms with Crippen molar-refractivity contribution in [3.63, 3.8) is 0 Å². The molecule has 6 rings (SSSR count). The molecule has 3 saturated carbocycles. The largest absolute Gasteiger partial charge is 0.338 e. The van der Waals surface area contributed by atoms with E-state index in [0.29, 0.717) is 6.42 Å². The molecule has 0 spiro atoms. The summed E-state index contributed by atoms with van der Waals surface area (Å²) in [7, 11) is 0. The fourth-order valence-corrected chi connectivity index (χ4v) is 5.93. The first-order valence-corrected chi connectivity index (χ1v) is 9.90. The van der Waals surface area contributed by atoms with Crippen molar-refractivity contribution in [2.24, 2.45) is 23.7 Å². The fraction of sp³-hybridized carbons (Fsp3) is 0.619. The molecule has 2 saturated heterocycles. The Labute approximate surface area is 149 Å². The summed E-state index contributed by atoms with van der Waals surface area (Å²) in [5.74, 6) is 3.50. The number of rotatable bonds is 2. The summed E-state index contributed by atoms with van der Waals surface area (Å²) in [4.78, 5) is 29.0. The molecule has 0 aromatic heterocycles. The molecule has 2 heterocycles. The van der Waals surface area contributed by atoms with Gasteiger partial charge in [0.2, 0.25) is 5.91 Å². The number of carbonyl (C=O) groups excluding carboxylic acids is 2. The monoisotopic (exact) mass is 338 g/mol. The molecule has 1 aromatic carbocycles. The first-order chi connectivity index (χ1) is 12.2. The Bertz CT molecular complexity index is 688. The number of likely N-dealkylation sites (tertiary alicyclic amines) is 1. The average Bonchev–Trinajstić information content (AvgIpc) is 3.29. The zero-order valence-corrected chi connectivity index (χ0v) is 14.7. The third-order valence-electron chi connectivity index (χ3n) is 7.21. The summed E-state index contributed by atoms with van der Waals surface area (Å²) in [6.07, 6.45) is 7.04. The number of carbonyl (C=O) groups is 2. The summed E-state index contributed by atoms with van der Waals surface area (Å²) in [5.41, 5.74) is 1.62. The molecule has 0 unspecified atom stereocenters. The van der Waals surface area contributed by atoms with Crippen LogP contribution in [0.25, 0.3) is 0 Å². The Kier molecular flexibility index (Phi) is 3.61. The van der Waals surface area contributed by atoms with Crippen molar-refractivity contribution >= 4 is 17.5 Å². The SMILES string of the molecule is O=C(c1cccc(N2CCCC2=O)c1)N1C[C@@H]2C3CCC(CC3)[C@@H]2C1. The van der Waals surface area contributed by atoms with E-state index in [1.807, 2.05) is 29.2 Å². The molecule has 5 fully saturated rings. The molecule has 132 valence electrons. The van der Waals surface area contributed by atoms with E-state index in [2.05, 4.69) is 4.90 Å². The van der Waals surface area contributed by atoms with E-state index < -0.39 is 0 Å². The quantitative estimate of drug-likeness (QED) is 0.830. The second-order valence-electron chi connectivity index (χ2n) is 8.41. The van der Waals surface area contributed by atoms with Crippen molar-refractivity contribution in [1.82, 2.24) is 4.90 Å². The van der Waals surface area contributed by atoms with E-state index in [1.54, 1.807) is 0 Å². The van der Waals surface area contributed by atoms with Crippen molar-refractivity contribution in [3.8, 4) is 0 Å². The van der Waals surface area contributed by atoms with E-state index in [-0.39, 0.29) is 11.8 Å². The lowest BCUT2D eigenvalue weighted by molar-refractivity contribution is -0.117. The molecular weight excluding hydrogens is 312 g/mol. The van der Waals surface area contributed by atoms with Gasteiger partial charge in [-0.05, 0) is 74.0 Å². The highest BCUT2D eigenvalue weighted by molar-refractivity contribution is 5.99. The topological polar surface area (TPSA) is 40.6 Å². The lowest BCUT2D eigenvalue weighted by atomic mass is 9.60. The highest BCUT2D eigenvalue weighted by atomic mass is 16.2. The Morgan fingerprint density at radius 3 is 2.28 bits per heavy atom. The molecule has 2 aliphatic heterocycles. The summed E-state index contributed by atoms with van der Waals surface area (Å²) >= 11 is 0. The van der Waals surface area contributed by atoms with Gasteiger partial charge in [0.15, 0.2) is 0 Å². The summed E-state index contributed by atoms with van der Waals surface area (Å²) in [6.45, 7) is 2.66. The van der Waals surface area contributed by atoms with Crippen molar-refractivity contribution in [1.29, 1.82) is 0 Å². The molecule has 5 aliphatic rings. The maximum absolute atomic E-state index is 13.1. The number of nitrogens with zero attached hydrogens (tertiary/aromatic N) is 2. The van der Waals surface area contributed by atoms with Gasteiger partial charge in [-0.1, -0.05) is 6.07 Å². The molecule has 0 N–H and O–H groups in total. The summed E-state index contributed by atoms with van der Waals surface area (Å²) in [5, 5.41) is 0. The lowest BCUT2D eigenvalue weighted by Crippen LogP contribution is -2.38. The summed E-state index contributed by atoms with van der Waals surface area (Å²) in [6, 6.07) is 7.69. The predicted molar refractivity (Wildman–Crippen MR) is 96.4 cm³/mol. The third kappa shape index (κ3) is 2.49. The van der Waals surface area contributed by atoms with Gasteiger partial charge < -0.3 is 9.80 Å². The molecule has 2 bridgehead atoms. The van der Waals surface area contributed by atoms with Gasteiger partial charge >= 0.3 is 0 Å². The number of amides is 2. The van der Waals surface area contributed by atoms with E-state index in [4.69, 9.17) is 0 Å². The van der Waals surface area contributed by atoms with Crippen LogP contribution in [-0.4, -0.2) is 36.3 Å². The van der Waals surface area contributed by atoms with Gasteiger partial charge in [-0.25, -0.2) is 0 Å². The highest BCUT2D eigenvalue weighted by Crippen LogP contribution is 2.52. The van der Waals surface area contributed by atoms with Gasteiger partial charge in [-0.15, -0.1) is 0 Å². The Morgan fingerprint density at radius 2 is 1.68 bits per heavy atom. The van der Waals surface area contributed by atoms with E-state index in [1.165, 1.54) is 25.7 Å². The molecule has 2 amide bonds. The van der Waals surface area contributed by atoms with Crippen LogP contribution in [0.15, 0.2) is 24.3 Å². The van der Waals surface area contributed by atoms with Crippen molar-refractivity contribution in [2.75, 3.05) is 24.5 Å². The lowest BCUT2D eigenvalue weighted by Gasteiger charge is -2.44. The van der Waals surface area contributed by atoms with Crippen LogP contribution in [0.2, 0.25) is 0 Å². The van der Waals surface area contributed by atoms with Crippen LogP contribution in [0.5, 0.6) is 0 Å². The molecule has 2 atom stereocenters. The Balaban J connectivity index is 1.36. The van der Waals surface area contributed by atoms with Crippen LogP contribution in [0.4, 0.5) is 5.69 Å². The average molecular weight is 338 g/mol. The first-order valence-electron chi connectivity index (χ1n) is 9.90. The minimum Gasteiger partial charge on any atom is -0.338 e. The van der Waals surface area contributed by atoms with Gasteiger partial charge in [0.1, 0.15) is 0 Å². The zero-order chi connectivity index (χ0) is 17.0. The second kappa shape index (κ2) is 5.86. The highest BCUT2D eigenvalue weighted by Gasteiger charge is 2.49. The predicted octanol–water partition coefficient (Wildman–Crippen LogP) is 3.32. The van der Waals surface area contributed by atoms with E-state index in [9.17, 15) is 9.59 Å². The molecule has 4 heteroatoms. The van der Waals surface area contributed by atoms with Gasteiger partial charge in [0.05, 0.1) is 0 Å². The normalized spacial score (nSPS) is 33.8. The maximum atomic E-state index is 13.1. The van der Waals surface area contributed by atoms with Gasteiger partial charge in [0, 0.05) is 37.3 Å². The fourth-order valence-electron chi connectivity index (χ4n) is 5.93. The van der Waals surface area contributed by atoms with Crippen molar-refractivity contribution < 1.29 is 9.59 Å². The van der Waals surface area contributed by atoms with Gasteiger partial charge in [0.25, 0.3) is 5.91 Å². The standard InChI is InChI=1S/C21H26N2O2/c24-20-5-2-10-23(20)17-4-1-3-16(11-17)21(25)22-12-18-14-6-7-15(9-8-14)19(18)13-22/h1,3-4,11,14-15,18-19H,2,5-10,12-13H2/t14?,15?,18-,19+. The van der Waals surface area contributed by atoms with Gasteiger partial charge in [-0.3, -0.25) is 9.59 Å². The number of fused-ring (bicyclic) bond motifs is 2. The molecule has 1 aromatic rings. The zero-order valence-electron chi connectivity index (χ0n) is 14.7. The number of benzene rings is 1. The van der Waals surface area contributed by atoms with Crippen LogP contribution in [-0.2, 0) is 4.79 Å². The van der Waals surface area contributed by atoms with E-state index >= 15 is 0 Å². The summed E-state index contributed by atoms with van der Waals surface area (Å²) < 4.78 is 0. The molecular formula is C21H26N2O2. The molecule has 25 heavy (non-hydrogen) atoms. The smallest absolute Gasteiger partial charge is 0.253 e. The minimum absolute atomic E-state index is 0.155. The number of hydrogen-bond donors (Lipinski definition) is 0. The van der Waals surface area contributed by atoms with Crippen LogP contribution in [0.3, 0.4) is 0 Å². The Morgan fingerprint density at radius 1 is 1.00 bits per heavy atom. The van der Waals surface area contributed by atoms with Gasteiger partial charge in [-0.2, -0.15) is 0 Å². The first kappa shape index (κ1) is 15.4. The van der Waals surface area contributed by atoms with Crippen LogP contribution in [0, 0.1) is 23.7 Å². The molecule has 4 nitrogen and oxygen atoms in total. The maximum Gasteiger partial charge on any atom is 0.253 e. The number of hydrogen-bond acceptors (Lipinski definition) is 2. The number of anilines is 1. The second-order valence-corrected chi connectivity index (χ2v) is 8.41. The molecule has 0 radical (unpaired) electrons. The van der Waals surface area contributed by atoms with Crippen LogP contribution < -0.4 is 4.90 Å². The van der Waals surface area contributed by atoms with Crippen LogP contribution >= 0.6 is 0 Å². The third-order valence-corrected chi connectivity index (χ3v) is 7.21.